The number of rotatable bonds is 6. The first-order valence-electron chi connectivity index (χ1n) is 6.32. The fraction of sp³-hybridized carbons (Fsp3) is 0.500. The van der Waals surface area contributed by atoms with Gasteiger partial charge in [0.15, 0.2) is 17.5 Å². The normalized spacial score (nSPS) is 10.9. The lowest BCUT2D eigenvalue weighted by molar-refractivity contribution is 0.352. The number of nitrogens with zero attached hydrogens (tertiary/aromatic N) is 1. The zero-order chi connectivity index (χ0) is 14.3. The Morgan fingerprint density at radius 2 is 2.00 bits per heavy atom. The topological polar surface area (TPSA) is 68.9 Å². The number of nitrogens with one attached hydrogen (secondary N) is 1. The molecule has 0 aliphatic heterocycles. The van der Waals surface area contributed by atoms with Crippen LogP contribution in [0, 0.1) is 5.92 Å². The largest absolute Gasteiger partial charge is 0.493 e. The Labute approximate surface area is 138 Å². The van der Waals surface area contributed by atoms with Crippen molar-refractivity contribution in [3.05, 3.63) is 23.8 Å². The van der Waals surface area contributed by atoms with Gasteiger partial charge in [0.1, 0.15) is 0 Å². The van der Waals surface area contributed by atoms with E-state index in [4.69, 9.17) is 15.2 Å². The highest BCUT2D eigenvalue weighted by atomic mass is 127. The molecule has 0 bridgehead atoms. The first-order chi connectivity index (χ1) is 9.08. The van der Waals surface area contributed by atoms with Crippen LogP contribution in [0.4, 0.5) is 0 Å². The second-order valence-corrected chi connectivity index (χ2v) is 4.63. The van der Waals surface area contributed by atoms with Gasteiger partial charge in [0.25, 0.3) is 0 Å². The molecule has 0 saturated carbocycles. The molecule has 1 rings (SSSR count). The van der Waals surface area contributed by atoms with E-state index in [-0.39, 0.29) is 24.0 Å². The molecule has 0 saturated heterocycles. The molecular formula is C14H24IN3O2. The van der Waals surface area contributed by atoms with Crippen molar-refractivity contribution in [2.45, 2.75) is 20.4 Å². The molecule has 0 spiro atoms. The molecule has 0 radical (unpaired) electrons. The number of guanidine groups is 1. The van der Waals surface area contributed by atoms with E-state index in [0.29, 0.717) is 29.9 Å². The number of halogens is 1. The van der Waals surface area contributed by atoms with Crippen molar-refractivity contribution < 1.29 is 9.47 Å². The monoisotopic (exact) mass is 393 g/mol. The summed E-state index contributed by atoms with van der Waals surface area (Å²) < 4.78 is 10.6. The minimum absolute atomic E-state index is 0. The lowest BCUT2D eigenvalue weighted by Gasteiger charge is -2.12. The molecular weight excluding hydrogens is 369 g/mol. The predicted molar refractivity (Wildman–Crippen MR) is 93.1 cm³/mol. The van der Waals surface area contributed by atoms with Crippen LogP contribution in [0.15, 0.2) is 23.2 Å². The Morgan fingerprint density at radius 1 is 1.30 bits per heavy atom. The van der Waals surface area contributed by atoms with Gasteiger partial charge in [-0.3, -0.25) is 0 Å². The summed E-state index contributed by atoms with van der Waals surface area (Å²) in [6, 6.07) is 5.71. The van der Waals surface area contributed by atoms with E-state index in [9.17, 15) is 0 Å². The van der Waals surface area contributed by atoms with Gasteiger partial charge in [-0.05, 0) is 12.0 Å². The minimum Gasteiger partial charge on any atom is -0.493 e. The quantitative estimate of drug-likeness (QED) is 0.443. The molecule has 1 aromatic rings. The maximum atomic E-state index is 5.80. The number of methoxy groups -OCH3 is 2. The van der Waals surface area contributed by atoms with Crippen LogP contribution in [-0.4, -0.2) is 26.7 Å². The molecule has 0 amide bonds. The van der Waals surface area contributed by atoms with Crippen LogP contribution in [-0.2, 0) is 6.54 Å². The summed E-state index contributed by atoms with van der Waals surface area (Å²) in [5, 5.41) is 3.07. The van der Waals surface area contributed by atoms with E-state index in [2.05, 4.69) is 24.2 Å². The van der Waals surface area contributed by atoms with Crippen molar-refractivity contribution in [3.63, 3.8) is 0 Å². The van der Waals surface area contributed by atoms with Crippen LogP contribution in [0.25, 0.3) is 0 Å². The van der Waals surface area contributed by atoms with E-state index in [1.165, 1.54) is 0 Å². The zero-order valence-electron chi connectivity index (χ0n) is 12.5. The van der Waals surface area contributed by atoms with Crippen LogP contribution in [0.1, 0.15) is 19.4 Å². The van der Waals surface area contributed by atoms with Gasteiger partial charge in [0, 0.05) is 12.1 Å². The zero-order valence-corrected chi connectivity index (χ0v) is 14.8. The number of hydrogen-bond acceptors (Lipinski definition) is 3. The number of ether oxygens (including phenoxy) is 2. The predicted octanol–water partition coefficient (Wildman–Crippen LogP) is 2.38. The van der Waals surface area contributed by atoms with E-state index in [1.807, 2.05) is 18.2 Å². The average Bonchev–Trinajstić information content (AvgIpc) is 2.42. The SMILES string of the molecule is COc1cccc(CN=C(N)NCC(C)C)c1OC.I. The van der Waals surface area contributed by atoms with Crippen molar-refractivity contribution in [1.29, 1.82) is 0 Å². The third kappa shape index (κ3) is 5.85. The number of benzene rings is 1. The van der Waals surface area contributed by atoms with Crippen molar-refractivity contribution in [2.24, 2.45) is 16.6 Å². The Morgan fingerprint density at radius 3 is 2.55 bits per heavy atom. The third-order valence-corrected chi connectivity index (χ3v) is 2.60. The Bertz CT molecular complexity index is 436. The van der Waals surface area contributed by atoms with Crippen molar-refractivity contribution >= 4 is 29.9 Å². The molecule has 0 aromatic heterocycles. The Kier molecular flexibility index (Phi) is 9.11. The lowest BCUT2D eigenvalue weighted by Crippen LogP contribution is -2.34. The highest BCUT2D eigenvalue weighted by molar-refractivity contribution is 14.0. The molecule has 0 aliphatic carbocycles. The first kappa shape index (κ1) is 18.8. The van der Waals surface area contributed by atoms with Crippen molar-refractivity contribution in [2.75, 3.05) is 20.8 Å². The van der Waals surface area contributed by atoms with Gasteiger partial charge in [0.05, 0.1) is 20.8 Å². The van der Waals surface area contributed by atoms with E-state index in [0.717, 1.165) is 12.1 Å². The van der Waals surface area contributed by atoms with Gasteiger partial charge in [0.2, 0.25) is 0 Å². The van der Waals surface area contributed by atoms with Crippen LogP contribution in [0.5, 0.6) is 11.5 Å². The van der Waals surface area contributed by atoms with E-state index >= 15 is 0 Å². The first-order valence-corrected chi connectivity index (χ1v) is 6.32. The van der Waals surface area contributed by atoms with Crippen LogP contribution >= 0.6 is 24.0 Å². The second-order valence-electron chi connectivity index (χ2n) is 4.63. The molecule has 5 nitrogen and oxygen atoms in total. The number of hydrogen-bond donors (Lipinski definition) is 2. The van der Waals surface area contributed by atoms with Gasteiger partial charge in [-0.25, -0.2) is 4.99 Å². The molecule has 1 aromatic carbocycles. The lowest BCUT2D eigenvalue weighted by atomic mass is 10.2. The van der Waals surface area contributed by atoms with Gasteiger partial charge >= 0.3 is 0 Å². The molecule has 3 N–H and O–H groups in total. The van der Waals surface area contributed by atoms with Crippen LogP contribution < -0.4 is 20.5 Å². The van der Waals surface area contributed by atoms with Crippen LogP contribution in [0.2, 0.25) is 0 Å². The minimum atomic E-state index is 0. The van der Waals surface area contributed by atoms with E-state index < -0.39 is 0 Å². The molecule has 0 fully saturated rings. The molecule has 0 heterocycles. The van der Waals surface area contributed by atoms with Gasteiger partial charge in [-0.2, -0.15) is 0 Å². The smallest absolute Gasteiger partial charge is 0.188 e. The Hall–Kier alpha value is -1.18. The van der Waals surface area contributed by atoms with Gasteiger partial charge in [-0.15, -0.1) is 24.0 Å². The average molecular weight is 393 g/mol. The van der Waals surface area contributed by atoms with Gasteiger partial charge < -0.3 is 20.5 Å². The van der Waals surface area contributed by atoms with E-state index in [1.54, 1.807) is 14.2 Å². The van der Waals surface area contributed by atoms with Crippen molar-refractivity contribution in [1.82, 2.24) is 5.32 Å². The molecule has 6 heteroatoms. The van der Waals surface area contributed by atoms with Crippen molar-refractivity contribution in [3.8, 4) is 11.5 Å². The highest BCUT2D eigenvalue weighted by Crippen LogP contribution is 2.30. The number of para-hydroxylation sites is 1. The molecule has 0 atom stereocenters. The summed E-state index contributed by atoms with van der Waals surface area (Å²) in [5.41, 5.74) is 6.74. The maximum Gasteiger partial charge on any atom is 0.188 e. The maximum absolute atomic E-state index is 5.80. The van der Waals surface area contributed by atoms with Gasteiger partial charge in [-0.1, -0.05) is 26.0 Å². The summed E-state index contributed by atoms with van der Waals surface area (Å²) in [6.07, 6.45) is 0. The third-order valence-electron chi connectivity index (χ3n) is 2.60. The van der Waals surface area contributed by atoms with Crippen LogP contribution in [0.3, 0.4) is 0 Å². The standard InChI is InChI=1S/C14H23N3O2.HI/c1-10(2)8-16-14(15)17-9-11-6-5-7-12(18-3)13(11)19-4;/h5-7,10H,8-9H2,1-4H3,(H3,15,16,17);1H. The molecule has 0 unspecified atom stereocenters. The summed E-state index contributed by atoms with van der Waals surface area (Å²) in [6.45, 7) is 5.50. The summed E-state index contributed by atoms with van der Waals surface area (Å²) in [4.78, 5) is 4.30. The summed E-state index contributed by atoms with van der Waals surface area (Å²) in [7, 11) is 3.23. The molecule has 0 aliphatic rings. The molecule has 20 heavy (non-hydrogen) atoms. The fourth-order valence-corrected chi connectivity index (χ4v) is 1.61. The number of nitrogens with two attached hydrogens (primary N) is 1. The Balaban J connectivity index is 0.00000361. The second kappa shape index (κ2) is 9.68. The number of aliphatic imine (C=N–C) groups is 1. The summed E-state index contributed by atoms with van der Waals surface area (Å²) in [5.74, 6) is 2.37. The molecule has 114 valence electrons. The highest BCUT2D eigenvalue weighted by Gasteiger charge is 2.08. The summed E-state index contributed by atoms with van der Waals surface area (Å²) >= 11 is 0. The fourth-order valence-electron chi connectivity index (χ4n) is 1.61.